The molecular formula is C6H12O4. The highest BCUT2D eigenvalue weighted by molar-refractivity contribution is 5.69. The van der Waals surface area contributed by atoms with Crippen molar-refractivity contribution in [3.05, 3.63) is 0 Å². The zero-order valence-corrected chi connectivity index (χ0v) is 6.42. The highest BCUT2D eigenvalue weighted by atomic mass is 17.2. The van der Waals surface area contributed by atoms with Gasteiger partial charge < -0.3 is 4.74 Å². The first-order chi connectivity index (χ1) is 4.70. The summed E-state index contributed by atoms with van der Waals surface area (Å²) in [4.78, 5) is 19.5. The van der Waals surface area contributed by atoms with Gasteiger partial charge in [-0.05, 0) is 6.92 Å². The molecule has 1 unspecified atom stereocenters. The van der Waals surface area contributed by atoms with Crippen molar-refractivity contribution in [2.24, 2.45) is 0 Å². The monoisotopic (exact) mass is 148 g/mol. The van der Waals surface area contributed by atoms with E-state index in [0.29, 0.717) is 0 Å². The minimum atomic E-state index is -0.301. The SMILES string of the molecule is COOC(C)CC(=O)OC. The van der Waals surface area contributed by atoms with Gasteiger partial charge in [-0.3, -0.25) is 4.79 Å². The molecule has 0 heterocycles. The van der Waals surface area contributed by atoms with E-state index in [1.807, 2.05) is 0 Å². The summed E-state index contributed by atoms with van der Waals surface area (Å²) in [6.07, 6.45) is -0.0397. The lowest BCUT2D eigenvalue weighted by Gasteiger charge is -2.06. The molecule has 0 saturated heterocycles. The standard InChI is InChI=1S/C6H12O4/c1-5(10-9-3)4-6(7)8-2/h5H,4H2,1-3H3. The summed E-state index contributed by atoms with van der Waals surface area (Å²) in [5, 5.41) is 0. The van der Waals surface area contributed by atoms with Crippen LogP contribution in [0.2, 0.25) is 0 Å². The summed E-state index contributed by atoms with van der Waals surface area (Å²) in [6, 6.07) is 0. The normalized spacial score (nSPS) is 12.7. The molecule has 0 aromatic heterocycles. The van der Waals surface area contributed by atoms with Crippen molar-refractivity contribution in [1.82, 2.24) is 0 Å². The molecule has 0 spiro atoms. The zero-order chi connectivity index (χ0) is 7.98. The van der Waals surface area contributed by atoms with Crippen LogP contribution in [0.15, 0.2) is 0 Å². The second-order valence-electron chi connectivity index (χ2n) is 1.85. The molecule has 4 heteroatoms. The van der Waals surface area contributed by atoms with Gasteiger partial charge in [-0.15, -0.1) is 0 Å². The largest absolute Gasteiger partial charge is 0.469 e. The lowest BCUT2D eigenvalue weighted by atomic mass is 10.3. The van der Waals surface area contributed by atoms with E-state index in [9.17, 15) is 4.79 Å². The predicted octanol–water partition coefficient (Wildman–Crippen LogP) is 0.516. The van der Waals surface area contributed by atoms with Gasteiger partial charge in [0, 0.05) is 0 Å². The van der Waals surface area contributed by atoms with E-state index in [-0.39, 0.29) is 18.5 Å². The van der Waals surface area contributed by atoms with Gasteiger partial charge >= 0.3 is 5.97 Å². The second-order valence-corrected chi connectivity index (χ2v) is 1.85. The Balaban J connectivity index is 3.37. The topological polar surface area (TPSA) is 44.8 Å². The highest BCUT2D eigenvalue weighted by Gasteiger charge is 2.08. The minimum Gasteiger partial charge on any atom is -0.469 e. The summed E-state index contributed by atoms with van der Waals surface area (Å²) in [5.74, 6) is -0.301. The Morgan fingerprint density at radius 3 is 2.50 bits per heavy atom. The van der Waals surface area contributed by atoms with Gasteiger partial charge in [-0.2, -0.15) is 0 Å². The first kappa shape index (κ1) is 9.39. The van der Waals surface area contributed by atoms with E-state index in [1.165, 1.54) is 14.2 Å². The van der Waals surface area contributed by atoms with Crippen LogP contribution >= 0.6 is 0 Å². The van der Waals surface area contributed by atoms with Crippen molar-refractivity contribution in [2.45, 2.75) is 19.4 Å². The van der Waals surface area contributed by atoms with Gasteiger partial charge in [0.15, 0.2) is 0 Å². The molecule has 0 aromatic carbocycles. The fourth-order valence-corrected chi connectivity index (χ4v) is 0.516. The Labute approximate surface area is 60.0 Å². The van der Waals surface area contributed by atoms with Crippen LogP contribution in [0.1, 0.15) is 13.3 Å². The van der Waals surface area contributed by atoms with Crippen LogP contribution in [0.4, 0.5) is 0 Å². The summed E-state index contributed by atoms with van der Waals surface area (Å²) in [7, 11) is 2.73. The van der Waals surface area contributed by atoms with Crippen LogP contribution in [0.5, 0.6) is 0 Å². The molecule has 0 rings (SSSR count). The minimum absolute atomic E-state index is 0.213. The van der Waals surface area contributed by atoms with Crippen molar-refractivity contribution in [2.75, 3.05) is 14.2 Å². The molecule has 0 aliphatic carbocycles. The Morgan fingerprint density at radius 2 is 2.10 bits per heavy atom. The van der Waals surface area contributed by atoms with Crippen LogP contribution in [0.3, 0.4) is 0 Å². The summed E-state index contributed by atoms with van der Waals surface area (Å²) >= 11 is 0. The fourth-order valence-electron chi connectivity index (χ4n) is 0.516. The van der Waals surface area contributed by atoms with E-state index >= 15 is 0 Å². The third-order valence-electron chi connectivity index (χ3n) is 0.942. The van der Waals surface area contributed by atoms with E-state index in [0.717, 1.165) is 0 Å². The molecule has 4 nitrogen and oxygen atoms in total. The lowest BCUT2D eigenvalue weighted by Crippen LogP contribution is -2.14. The number of hydrogen-bond acceptors (Lipinski definition) is 4. The lowest BCUT2D eigenvalue weighted by molar-refractivity contribution is -0.300. The number of rotatable bonds is 4. The highest BCUT2D eigenvalue weighted by Crippen LogP contribution is 1.97. The van der Waals surface area contributed by atoms with Crippen molar-refractivity contribution in [1.29, 1.82) is 0 Å². The molecule has 0 aromatic rings. The summed E-state index contributed by atoms with van der Waals surface area (Å²) < 4.78 is 4.39. The Bertz CT molecular complexity index is 102. The number of carbonyl (C=O) groups excluding carboxylic acids is 1. The molecule has 0 fully saturated rings. The van der Waals surface area contributed by atoms with Crippen LogP contribution in [0, 0.1) is 0 Å². The van der Waals surface area contributed by atoms with Gasteiger partial charge in [0.25, 0.3) is 0 Å². The van der Waals surface area contributed by atoms with Crippen molar-refractivity contribution >= 4 is 5.97 Å². The molecule has 0 bridgehead atoms. The quantitative estimate of drug-likeness (QED) is 0.331. The van der Waals surface area contributed by atoms with Crippen molar-refractivity contribution in [3.63, 3.8) is 0 Å². The molecule has 0 aliphatic heterocycles. The molecule has 0 amide bonds. The number of ether oxygens (including phenoxy) is 1. The molecule has 0 aliphatic rings. The van der Waals surface area contributed by atoms with Gasteiger partial charge in [-0.1, -0.05) is 0 Å². The Kier molecular flexibility index (Phi) is 4.88. The van der Waals surface area contributed by atoms with Gasteiger partial charge in [0.2, 0.25) is 0 Å². The van der Waals surface area contributed by atoms with E-state index in [2.05, 4.69) is 14.5 Å². The van der Waals surface area contributed by atoms with Gasteiger partial charge in [0.05, 0.1) is 20.6 Å². The van der Waals surface area contributed by atoms with E-state index < -0.39 is 0 Å². The molecule has 0 saturated carbocycles. The molecule has 1 atom stereocenters. The Hall–Kier alpha value is -0.610. The molecule has 60 valence electrons. The number of esters is 1. The Morgan fingerprint density at radius 1 is 1.50 bits per heavy atom. The third-order valence-corrected chi connectivity index (χ3v) is 0.942. The molecular weight excluding hydrogens is 136 g/mol. The summed E-state index contributed by atoms with van der Waals surface area (Å²) in [6.45, 7) is 1.72. The smallest absolute Gasteiger partial charge is 0.308 e. The van der Waals surface area contributed by atoms with Crippen LogP contribution in [-0.2, 0) is 19.3 Å². The molecule has 0 radical (unpaired) electrons. The van der Waals surface area contributed by atoms with Crippen LogP contribution in [0.25, 0.3) is 0 Å². The summed E-state index contributed by atoms with van der Waals surface area (Å²) in [5.41, 5.74) is 0. The maximum Gasteiger partial charge on any atom is 0.308 e. The zero-order valence-electron chi connectivity index (χ0n) is 6.42. The van der Waals surface area contributed by atoms with Gasteiger partial charge in [0.1, 0.15) is 6.10 Å². The number of carbonyl (C=O) groups is 1. The maximum atomic E-state index is 10.5. The number of methoxy groups -OCH3 is 1. The van der Waals surface area contributed by atoms with Crippen molar-refractivity contribution < 1.29 is 19.3 Å². The van der Waals surface area contributed by atoms with Crippen LogP contribution < -0.4 is 0 Å². The average molecular weight is 148 g/mol. The maximum absolute atomic E-state index is 10.5. The number of hydrogen-bond donors (Lipinski definition) is 0. The molecule has 0 N–H and O–H groups in total. The van der Waals surface area contributed by atoms with E-state index in [4.69, 9.17) is 0 Å². The molecule has 10 heavy (non-hydrogen) atoms. The first-order valence-corrected chi connectivity index (χ1v) is 2.97. The predicted molar refractivity (Wildman–Crippen MR) is 34.2 cm³/mol. The third kappa shape index (κ3) is 4.29. The van der Waals surface area contributed by atoms with Crippen LogP contribution in [-0.4, -0.2) is 26.3 Å². The van der Waals surface area contributed by atoms with Crippen molar-refractivity contribution in [3.8, 4) is 0 Å². The fraction of sp³-hybridized carbons (Fsp3) is 0.833. The van der Waals surface area contributed by atoms with Gasteiger partial charge in [-0.25, -0.2) is 9.78 Å². The van der Waals surface area contributed by atoms with E-state index in [1.54, 1.807) is 6.92 Å². The average Bonchev–Trinajstić information content (AvgIpc) is 1.88. The first-order valence-electron chi connectivity index (χ1n) is 2.97. The second kappa shape index (κ2) is 5.20.